The zero-order valence-electron chi connectivity index (χ0n) is 49.4. The molecule has 1 heterocycles. The maximum absolute atomic E-state index is 14.3. The van der Waals surface area contributed by atoms with Crippen molar-refractivity contribution in [2.45, 2.75) is 166 Å². The summed E-state index contributed by atoms with van der Waals surface area (Å²) in [5.74, 6) is -19.8. The Balaban J connectivity index is 2.20. The lowest BCUT2D eigenvalue weighted by atomic mass is 9.98. The van der Waals surface area contributed by atoms with Crippen LogP contribution in [-0.2, 0) is 83.1 Å². The number of carbonyl (C=O) groups is 16. The predicted octanol–water partition coefficient (Wildman–Crippen LogP) is -6.22. The summed E-state index contributed by atoms with van der Waals surface area (Å²) in [6.07, 6.45) is -3.15. The second-order valence-electron chi connectivity index (χ2n) is 21.3. The molecule has 488 valence electrons. The van der Waals surface area contributed by atoms with Crippen LogP contribution in [-0.4, -0.2) is 217 Å². The molecule has 1 fully saturated rings. The number of hydrogen-bond donors (Lipinski definition) is 17. The fraction of sp³-hybridized carbons (Fsp3) is 0.593. The van der Waals surface area contributed by atoms with Crippen LogP contribution in [0.1, 0.15) is 105 Å². The molecule has 0 bridgehead atoms. The van der Waals surface area contributed by atoms with E-state index in [2.05, 4.69) is 37.2 Å². The highest BCUT2D eigenvalue weighted by molar-refractivity contribution is 6.38. The summed E-state index contributed by atoms with van der Waals surface area (Å²) in [5.41, 5.74) is 5.53. The number of nitrogens with zero attached hydrogens (tertiary/aromatic N) is 1. The Morgan fingerprint density at radius 3 is 1.57 bits per heavy atom. The van der Waals surface area contributed by atoms with Gasteiger partial charge in [0.1, 0.15) is 60.1 Å². The Kier molecular flexibility index (Phi) is 31.1. The first kappa shape index (κ1) is 74.8. The topological polar surface area (TPSA) is 544 Å². The van der Waals surface area contributed by atoms with E-state index in [-0.39, 0.29) is 50.8 Å². The number of nitrogens with two attached hydrogens (primary N) is 1. The predicted molar refractivity (Wildman–Crippen MR) is 302 cm³/mol. The fourth-order valence-corrected chi connectivity index (χ4v) is 8.77. The molecule has 34 nitrogen and oxygen atoms in total. The number of phenols is 1. The molecule has 12 amide bonds. The molecule has 0 radical (unpaired) electrons. The maximum Gasteiger partial charge on any atom is 0.305 e. The van der Waals surface area contributed by atoms with E-state index in [0.29, 0.717) is 5.56 Å². The quantitative estimate of drug-likeness (QED) is 0.0274. The fourth-order valence-electron chi connectivity index (χ4n) is 8.77. The third-order valence-corrected chi connectivity index (χ3v) is 13.5. The minimum atomic E-state index is -2.00. The highest BCUT2D eigenvalue weighted by atomic mass is 16.4. The highest BCUT2D eigenvalue weighted by Gasteiger charge is 2.42. The van der Waals surface area contributed by atoms with Crippen molar-refractivity contribution in [3.05, 3.63) is 29.8 Å². The van der Waals surface area contributed by atoms with Crippen molar-refractivity contribution in [1.29, 1.82) is 0 Å². The number of aliphatic hydroxyl groups excluding tert-OH is 2. The third kappa shape index (κ3) is 24.9. The number of aliphatic carboxylic acids is 3. The number of phenolic OH excluding ortho intramolecular Hbond substituents is 1. The van der Waals surface area contributed by atoms with Crippen molar-refractivity contribution in [1.82, 2.24) is 58.1 Å². The summed E-state index contributed by atoms with van der Waals surface area (Å²) >= 11 is 0. The van der Waals surface area contributed by atoms with Crippen LogP contribution in [0.5, 0.6) is 5.75 Å². The van der Waals surface area contributed by atoms with E-state index in [4.69, 9.17) is 10.8 Å². The molecule has 1 saturated heterocycles. The average molecular weight is 1250 g/mol. The number of benzene rings is 1. The number of carboxylic acid groups (broad SMARTS) is 3. The summed E-state index contributed by atoms with van der Waals surface area (Å²) in [7, 11) is 0. The molecule has 1 aromatic rings. The number of primary amides is 1. The van der Waals surface area contributed by atoms with E-state index >= 15 is 0 Å². The van der Waals surface area contributed by atoms with Gasteiger partial charge in [-0.3, -0.25) is 76.7 Å². The van der Waals surface area contributed by atoms with Gasteiger partial charge in [-0.15, -0.1) is 0 Å². The summed E-state index contributed by atoms with van der Waals surface area (Å²) in [4.78, 5) is 208. The van der Waals surface area contributed by atoms with Crippen molar-refractivity contribution in [2.24, 2.45) is 17.6 Å². The van der Waals surface area contributed by atoms with Crippen LogP contribution in [0, 0.1) is 11.8 Å². The Morgan fingerprint density at radius 2 is 1.06 bits per heavy atom. The third-order valence-electron chi connectivity index (χ3n) is 13.5. The molecule has 18 N–H and O–H groups in total. The number of aliphatic hydroxyl groups is 2. The summed E-state index contributed by atoms with van der Waals surface area (Å²) < 4.78 is 0. The molecule has 1 aliphatic rings. The van der Waals surface area contributed by atoms with E-state index in [1.54, 1.807) is 20.8 Å². The molecule has 0 aromatic heterocycles. The number of rotatable bonds is 38. The Morgan fingerprint density at radius 1 is 0.568 bits per heavy atom. The molecule has 1 aliphatic heterocycles. The van der Waals surface area contributed by atoms with Crippen molar-refractivity contribution < 1.29 is 107 Å². The highest BCUT2D eigenvalue weighted by Crippen LogP contribution is 2.22. The number of ketones is 1. The number of Topliss-reactive ketones (excluding diaryl/α,β-unsaturated/α-hetero) is 1. The minimum absolute atomic E-state index is 0.00701. The molecule has 34 heteroatoms. The van der Waals surface area contributed by atoms with Crippen molar-refractivity contribution in [3.63, 3.8) is 0 Å². The number of hydrogen-bond acceptors (Lipinski definition) is 19. The van der Waals surface area contributed by atoms with Crippen LogP contribution < -0.4 is 58.9 Å². The van der Waals surface area contributed by atoms with Gasteiger partial charge in [-0.1, -0.05) is 53.2 Å². The van der Waals surface area contributed by atoms with Crippen LogP contribution >= 0.6 is 0 Å². The van der Waals surface area contributed by atoms with E-state index < -0.39 is 212 Å². The van der Waals surface area contributed by atoms with Gasteiger partial charge in [-0.25, -0.2) is 0 Å². The van der Waals surface area contributed by atoms with Gasteiger partial charge in [-0.05, 0) is 61.6 Å². The first-order valence-electron chi connectivity index (χ1n) is 28.0. The molecular weight excluding hydrogens is 1170 g/mol. The lowest BCUT2D eigenvalue weighted by molar-refractivity contribution is -0.144. The Bertz CT molecular complexity index is 2730. The van der Waals surface area contributed by atoms with Crippen molar-refractivity contribution in [3.8, 4) is 5.75 Å². The first-order chi connectivity index (χ1) is 41.2. The van der Waals surface area contributed by atoms with E-state index in [9.17, 15) is 102 Å². The second kappa shape index (κ2) is 36.6. The summed E-state index contributed by atoms with van der Waals surface area (Å²) in [6.45, 7) is 5.75. The van der Waals surface area contributed by atoms with Gasteiger partial charge in [-0.2, -0.15) is 0 Å². The number of carbonyl (C=O) groups excluding carboxylic acids is 13. The first-order valence-corrected chi connectivity index (χ1v) is 28.0. The molecule has 10 atom stereocenters. The monoisotopic (exact) mass is 1250 g/mol. The summed E-state index contributed by atoms with van der Waals surface area (Å²) in [5, 5.41) is 80.0. The van der Waals surface area contributed by atoms with Gasteiger partial charge in [0.25, 0.3) is 5.91 Å². The van der Waals surface area contributed by atoms with Crippen LogP contribution in [0.15, 0.2) is 24.3 Å². The average Bonchev–Trinajstić information content (AvgIpc) is 1.82. The van der Waals surface area contributed by atoms with E-state index in [1.807, 2.05) is 16.0 Å². The van der Waals surface area contributed by atoms with Crippen LogP contribution in [0.4, 0.5) is 0 Å². The number of aromatic hydroxyl groups is 1. The van der Waals surface area contributed by atoms with Gasteiger partial charge in [0.15, 0.2) is 0 Å². The maximum atomic E-state index is 14.3. The normalized spacial score (nSPS) is 15.8. The van der Waals surface area contributed by atoms with Gasteiger partial charge in [0, 0.05) is 32.7 Å². The van der Waals surface area contributed by atoms with Gasteiger partial charge in [0.2, 0.25) is 70.8 Å². The molecule has 0 unspecified atom stereocenters. The van der Waals surface area contributed by atoms with E-state index in [0.717, 1.165) is 11.8 Å². The molecule has 0 spiro atoms. The van der Waals surface area contributed by atoms with E-state index in [1.165, 1.54) is 38.1 Å². The lowest BCUT2D eigenvalue weighted by Crippen LogP contribution is -2.61. The smallest absolute Gasteiger partial charge is 0.305 e. The Labute approximate surface area is 504 Å². The number of likely N-dealkylation sites (tertiary alicyclic amines) is 1. The lowest BCUT2D eigenvalue weighted by Gasteiger charge is -2.33. The SMILES string of the molecule is CCC[C@H](NC(=O)[C@@H]1CCCN1C(=O)[C@@H](NC(=O)[C@@H](NC(=O)[C@@H](CCC(=O)O)NC(=O)[C@H](CCC(=O)O)NC(C)=O)C(C)C)C(C)C)C(=O)C(=O)NCC(=O)N[C@@H](CO)C(=O)N[C@H](CC(=O)O)C(=O)N[C@@H](Cc1ccc(O)cc1)C(=O)N[C@H](CO)C(N)=O. The van der Waals surface area contributed by atoms with Crippen molar-refractivity contribution >= 4 is 94.6 Å². The van der Waals surface area contributed by atoms with Gasteiger partial charge >= 0.3 is 17.9 Å². The zero-order chi connectivity index (χ0) is 66.7. The molecule has 2 rings (SSSR count). The molecule has 0 saturated carbocycles. The van der Waals surface area contributed by atoms with Gasteiger partial charge < -0.3 is 94.4 Å². The molecule has 1 aromatic carbocycles. The Hall–Kier alpha value is -9.34. The van der Waals surface area contributed by atoms with Crippen LogP contribution in [0.25, 0.3) is 0 Å². The number of amides is 12. The summed E-state index contributed by atoms with van der Waals surface area (Å²) in [6, 6.07) is -10.5. The van der Waals surface area contributed by atoms with Crippen molar-refractivity contribution in [2.75, 3.05) is 26.3 Å². The number of nitrogens with one attached hydrogen (secondary N) is 10. The van der Waals surface area contributed by atoms with Crippen LogP contribution in [0.2, 0.25) is 0 Å². The molecule has 0 aliphatic carbocycles. The minimum Gasteiger partial charge on any atom is -0.508 e. The second-order valence-corrected chi connectivity index (χ2v) is 21.3. The standard InChI is InChI=1S/C54H80N12O22/c1-7-9-30(44(78)53(87)56-22-38(71)58-36(24-68)50(84)62-34(21-41(76)77)49(83)61-33(20-28-11-13-29(70)14-12-28)48(82)63-35(23-67)45(55)79)59-51(85)37-10-8-19-66(37)54(88)43(26(4)5)65-52(86)42(25(2)3)64-47(81)32(16-18-40(74)75)60-46(80)31(57-27(6)69)15-17-39(72)73/h11-14,25-26,30-37,42-43,67-68,70H,7-10,15-24H2,1-6H3,(H2,55,79)(H,56,87)(H,57,69)(H,58,71)(H,59,85)(H,60,80)(H,61,83)(H,62,84)(H,63,82)(H,64,81)(H,65,86)(H,72,73)(H,74,75)(H,76,77)/t30-,31-,32+,33-,34+,35+,36-,37-,42-,43-/m0/s1. The largest absolute Gasteiger partial charge is 0.508 e. The molecular formula is C54H80N12O22. The molecule has 88 heavy (non-hydrogen) atoms. The number of carboxylic acids is 3. The van der Waals surface area contributed by atoms with Gasteiger partial charge in [0.05, 0.1) is 32.2 Å². The van der Waals surface area contributed by atoms with Crippen LogP contribution in [0.3, 0.4) is 0 Å². The zero-order valence-corrected chi connectivity index (χ0v) is 49.4.